The van der Waals surface area contributed by atoms with Gasteiger partial charge in [0, 0.05) is 40.2 Å². The van der Waals surface area contributed by atoms with E-state index in [9.17, 15) is 13.2 Å². The van der Waals surface area contributed by atoms with E-state index < -0.39 is 10.0 Å². The number of rotatable bonds is 5. The number of hydrogen-bond donors (Lipinski definition) is 1. The molecule has 1 amide bonds. The minimum Gasteiger partial charge on any atom is -0.457 e. The minimum absolute atomic E-state index is 0.00523. The molecule has 1 fully saturated rings. The van der Waals surface area contributed by atoms with E-state index in [0.717, 1.165) is 5.56 Å². The minimum atomic E-state index is -3.79. The van der Waals surface area contributed by atoms with Crippen LogP contribution in [0.1, 0.15) is 17.9 Å². The third-order valence-electron chi connectivity index (χ3n) is 5.04. The molecule has 0 aliphatic carbocycles. The van der Waals surface area contributed by atoms with Gasteiger partial charge in [0.1, 0.15) is 11.5 Å². The maximum absolute atomic E-state index is 12.7. The number of ether oxygens (including phenoxy) is 1. The van der Waals surface area contributed by atoms with E-state index in [-0.39, 0.29) is 23.1 Å². The quantitative estimate of drug-likeness (QED) is 0.563. The van der Waals surface area contributed by atoms with E-state index in [2.05, 4.69) is 0 Å². The topological polar surface area (TPSA) is 89.7 Å². The third kappa shape index (κ3) is 4.85. The summed E-state index contributed by atoms with van der Waals surface area (Å²) in [7, 11) is -3.79. The van der Waals surface area contributed by atoms with Crippen molar-refractivity contribution < 1.29 is 17.9 Å². The van der Waals surface area contributed by atoms with Gasteiger partial charge in [-0.2, -0.15) is 0 Å². The van der Waals surface area contributed by atoms with Gasteiger partial charge < -0.3 is 9.64 Å². The monoisotopic (exact) mass is 476 g/mol. The molecular weight excluding hydrogens is 459 g/mol. The Labute approximate surface area is 190 Å². The van der Waals surface area contributed by atoms with Gasteiger partial charge >= 0.3 is 0 Å². The molecule has 1 unspecified atom stereocenters. The second-order valence-electron chi connectivity index (χ2n) is 7.19. The van der Waals surface area contributed by atoms with E-state index in [1.165, 1.54) is 12.1 Å². The molecule has 0 radical (unpaired) electrons. The summed E-state index contributed by atoms with van der Waals surface area (Å²) in [5.74, 6) is 0.920. The first-order valence-electron chi connectivity index (χ1n) is 9.37. The van der Waals surface area contributed by atoms with Crippen molar-refractivity contribution in [2.24, 2.45) is 5.14 Å². The van der Waals surface area contributed by atoms with Crippen LogP contribution in [0.25, 0.3) is 0 Å². The second kappa shape index (κ2) is 8.51. The first kappa shape index (κ1) is 21.6. The number of benzene rings is 3. The van der Waals surface area contributed by atoms with E-state index in [1.54, 1.807) is 53.4 Å². The fraction of sp³-hybridized carbons (Fsp3) is 0.136. The summed E-state index contributed by atoms with van der Waals surface area (Å²) >= 11 is 12.2. The van der Waals surface area contributed by atoms with Crippen molar-refractivity contribution in [1.82, 2.24) is 0 Å². The number of hydrogen-bond acceptors (Lipinski definition) is 4. The molecule has 1 heterocycles. The van der Waals surface area contributed by atoms with Crippen molar-refractivity contribution in [2.45, 2.75) is 17.2 Å². The van der Waals surface area contributed by atoms with E-state index >= 15 is 0 Å². The number of amides is 1. The van der Waals surface area contributed by atoms with Crippen LogP contribution >= 0.6 is 23.2 Å². The maximum atomic E-state index is 12.7. The summed E-state index contributed by atoms with van der Waals surface area (Å²) in [4.78, 5) is 14.3. The van der Waals surface area contributed by atoms with Gasteiger partial charge in [-0.25, -0.2) is 13.6 Å². The first-order chi connectivity index (χ1) is 14.7. The first-order valence-corrected chi connectivity index (χ1v) is 11.7. The predicted molar refractivity (Wildman–Crippen MR) is 121 cm³/mol. The average molecular weight is 477 g/mol. The van der Waals surface area contributed by atoms with Gasteiger partial charge in [-0.3, -0.25) is 4.79 Å². The highest BCUT2D eigenvalue weighted by Crippen LogP contribution is 2.39. The number of anilines is 1. The Hall–Kier alpha value is -2.58. The fourth-order valence-corrected chi connectivity index (χ4v) is 4.43. The smallest absolute Gasteiger partial charge is 0.238 e. The Morgan fingerprint density at radius 2 is 1.68 bits per heavy atom. The lowest BCUT2D eigenvalue weighted by Crippen LogP contribution is -2.24. The summed E-state index contributed by atoms with van der Waals surface area (Å²) in [6.07, 6.45) is 0.282. The molecule has 1 aliphatic rings. The van der Waals surface area contributed by atoms with Crippen molar-refractivity contribution in [3.8, 4) is 11.5 Å². The highest BCUT2D eigenvalue weighted by atomic mass is 35.5. The zero-order valence-electron chi connectivity index (χ0n) is 16.2. The summed E-state index contributed by atoms with van der Waals surface area (Å²) in [5, 5.41) is 6.21. The molecule has 4 rings (SSSR count). The molecule has 0 bridgehead atoms. The van der Waals surface area contributed by atoms with Crippen LogP contribution in [0.5, 0.6) is 11.5 Å². The Balaban J connectivity index is 1.60. The maximum Gasteiger partial charge on any atom is 0.238 e. The van der Waals surface area contributed by atoms with Gasteiger partial charge in [0.05, 0.1) is 4.90 Å². The highest BCUT2D eigenvalue weighted by molar-refractivity contribution is 7.89. The molecule has 31 heavy (non-hydrogen) atoms. The summed E-state index contributed by atoms with van der Waals surface area (Å²) < 4.78 is 29.0. The van der Waals surface area contributed by atoms with Gasteiger partial charge in [0.25, 0.3) is 0 Å². The molecule has 160 valence electrons. The number of halogens is 2. The Bertz CT molecular complexity index is 1250. The summed E-state index contributed by atoms with van der Waals surface area (Å²) in [5.41, 5.74) is 1.45. The van der Waals surface area contributed by atoms with Crippen molar-refractivity contribution in [3.63, 3.8) is 0 Å². The van der Waals surface area contributed by atoms with Crippen molar-refractivity contribution in [2.75, 3.05) is 11.4 Å². The molecule has 3 aromatic rings. The largest absolute Gasteiger partial charge is 0.457 e. The van der Waals surface area contributed by atoms with Crippen LogP contribution in [-0.4, -0.2) is 20.9 Å². The average Bonchev–Trinajstić information content (AvgIpc) is 3.09. The number of primary sulfonamides is 1. The number of nitrogens with zero attached hydrogens (tertiary/aromatic N) is 1. The van der Waals surface area contributed by atoms with Crippen LogP contribution in [0, 0.1) is 0 Å². The third-order valence-corrected chi connectivity index (χ3v) is 6.44. The molecule has 6 nitrogen and oxygen atoms in total. The van der Waals surface area contributed by atoms with E-state index in [0.29, 0.717) is 33.8 Å². The number of nitrogens with two attached hydrogens (primary N) is 1. The highest BCUT2D eigenvalue weighted by Gasteiger charge is 2.33. The van der Waals surface area contributed by atoms with Crippen LogP contribution in [0.4, 0.5) is 5.69 Å². The number of carbonyl (C=O) groups excluding carboxylic acids is 1. The van der Waals surface area contributed by atoms with Crippen LogP contribution in [0.3, 0.4) is 0 Å². The number of carbonyl (C=O) groups is 1. The van der Waals surface area contributed by atoms with Crippen LogP contribution in [0.2, 0.25) is 10.0 Å². The fourth-order valence-electron chi connectivity index (χ4n) is 3.57. The molecule has 2 N–H and O–H groups in total. The normalized spacial score (nSPS) is 16.5. The van der Waals surface area contributed by atoms with Gasteiger partial charge in [0.15, 0.2) is 0 Å². The van der Waals surface area contributed by atoms with Gasteiger partial charge in [-0.05, 0) is 54.6 Å². The zero-order chi connectivity index (χ0) is 22.2. The summed E-state index contributed by atoms with van der Waals surface area (Å²) in [6.45, 7) is 0.418. The molecule has 0 aromatic heterocycles. The Morgan fingerprint density at radius 1 is 0.968 bits per heavy atom. The lowest BCUT2D eigenvalue weighted by Gasteiger charge is -2.19. The van der Waals surface area contributed by atoms with Gasteiger partial charge in [-0.15, -0.1) is 0 Å². The van der Waals surface area contributed by atoms with Crippen molar-refractivity contribution in [3.05, 3.63) is 82.3 Å². The van der Waals surface area contributed by atoms with E-state index in [4.69, 9.17) is 33.1 Å². The van der Waals surface area contributed by atoms with Gasteiger partial charge in [0.2, 0.25) is 15.9 Å². The molecule has 1 aliphatic heterocycles. The lowest BCUT2D eigenvalue weighted by atomic mass is 9.97. The van der Waals surface area contributed by atoms with Crippen LogP contribution in [-0.2, 0) is 14.8 Å². The molecule has 0 spiro atoms. The van der Waals surface area contributed by atoms with Crippen LogP contribution in [0.15, 0.2) is 71.6 Å². The van der Waals surface area contributed by atoms with Crippen molar-refractivity contribution in [1.29, 1.82) is 0 Å². The molecule has 1 saturated heterocycles. The SMILES string of the molecule is NS(=O)(=O)c1ccc(N2CC(c3ccc(Cl)cc3Oc3cccc(Cl)c3)CC2=O)cc1. The van der Waals surface area contributed by atoms with E-state index in [1.807, 2.05) is 6.07 Å². The number of sulfonamides is 1. The second-order valence-corrected chi connectivity index (χ2v) is 9.62. The van der Waals surface area contributed by atoms with Crippen LogP contribution < -0.4 is 14.8 Å². The molecule has 3 aromatic carbocycles. The lowest BCUT2D eigenvalue weighted by molar-refractivity contribution is -0.117. The van der Waals surface area contributed by atoms with Gasteiger partial charge in [-0.1, -0.05) is 35.3 Å². The molecular formula is C22H18Cl2N2O4S. The zero-order valence-corrected chi connectivity index (χ0v) is 18.5. The molecule has 9 heteroatoms. The predicted octanol–water partition coefficient (Wildman–Crippen LogP) is 4.95. The van der Waals surface area contributed by atoms with Crippen molar-refractivity contribution >= 4 is 44.8 Å². The summed E-state index contributed by atoms with van der Waals surface area (Å²) in [6, 6.07) is 18.3. The Kier molecular flexibility index (Phi) is 5.94. The molecule has 1 atom stereocenters. The Morgan fingerprint density at radius 3 is 2.35 bits per heavy atom. The standard InChI is InChI=1S/C22H18Cl2N2O4S/c23-15-2-1-3-18(11-15)30-21-12-16(24)4-9-20(21)14-10-22(27)26(13-14)17-5-7-19(8-6-17)31(25,28)29/h1-9,11-12,14H,10,13H2,(H2,25,28,29). The molecule has 0 saturated carbocycles.